The number of ether oxygens (including phenoxy) is 2. The summed E-state index contributed by atoms with van der Waals surface area (Å²) in [6, 6.07) is 20.1. The van der Waals surface area contributed by atoms with Crippen LogP contribution in [-0.2, 0) is 9.53 Å². The van der Waals surface area contributed by atoms with Crippen LogP contribution in [0, 0.1) is 0 Å². The fourth-order valence-corrected chi connectivity index (χ4v) is 4.80. The van der Waals surface area contributed by atoms with Crippen molar-refractivity contribution >= 4 is 5.91 Å². The number of hydrogen-bond acceptors (Lipinski definition) is 5. The molecule has 2 aliphatic heterocycles. The molecule has 33 heavy (non-hydrogen) atoms. The molecule has 6 nitrogen and oxygen atoms in total. The number of nitrogens with zero attached hydrogens (tertiary/aromatic N) is 3. The van der Waals surface area contributed by atoms with E-state index >= 15 is 0 Å². The Bertz CT molecular complexity index is 1110. The second-order valence-electron chi connectivity index (χ2n) is 8.98. The first-order chi connectivity index (χ1) is 16.1. The van der Waals surface area contributed by atoms with Crippen molar-refractivity contribution in [3.05, 3.63) is 78.0 Å². The third kappa shape index (κ3) is 4.35. The van der Waals surface area contributed by atoms with E-state index in [9.17, 15) is 4.79 Å². The van der Waals surface area contributed by atoms with Gasteiger partial charge in [-0.1, -0.05) is 67.6 Å². The van der Waals surface area contributed by atoms with Crippen LogP contribution >= 0.6 is 0 Å². The SMILES string of the molecule is COc1nc(-c2ccccc2)ncc1C1OC12CCN(C(=O)C[C@@H](C)c1ccccc1)CC2. The minimum absolute atomic E-state index is 0.0854. The highest BCUT2D eigenvalue weighted by Gasteiger charge is 2.59. The van der Waals surface area contributed by atoms with Crippen LogP contribution in [-0.4, -0.2) is 46.6 Å². The van der Waals surface area contributed by atoms with Gasteiger partial charge in [-0.3, -0.25) is 4.79 Å². The quantitative estimate of drug-likeness (QED) is 0.513. The Morgan fingerprint density at radius 2 is 1.79 bits per heavy atom. The molecule has 1 aromatic heterocycles. The molecule has 0 aliphatic carbocycles. The van der Waals surface area contributed by atoms with Crippen LogP contribution in [0.3, 0.4) is 0 Å². The van der Waals surface area contributed by atoms with Gasteiger partial charge in [-0.15, -0.1) is 0 Å². The molecule has 1 spiro atoms. The Morgan fingerprint density at radius 3 is 2.45 bits per heavy atom. The van der Waals surface area contributed by atoms with Gasteiger partial charge in [0.1, 0.15) is 11.7 Å². The van der Waals surface area contributed by atoms with Crippen molar-refractivity contribution < 1.29 is 14.3 Å². The minimum atomic E-state index is -0.243. The second kappa shape index (κ2) is 8.94. The van der Waals surface area contributed by atoms with E-state index in [0.29, 0.717) is 31.2 Å². The predicted molar refractivity (Wildman–Crippen MR) is 126 cm³/mol. The lowest BCUT2D eigenvalue weighted by Crippen LogP contribution is -2.42. The van der Waals surface area contributed by atoms with Crippen molar-refractivity contribution in [3.63, 3.8) is 0 Å². The molecule has 170 valence electrons. The van der Waals surface area contributed by atoms with E-state index in [-0.39, 0.29) is 23.5 Å². The van der Waals surface area contributed by atoms with Crippen molar-refractivity contribution in [2.75, 3.05) is 20.2 Å². The van der Waals surface area contributed by atoms with Gasteiger partial charge in [-0.2, -0.15) is 4.98 Å². The van der Waals surface area contributed by atoms with E-state index in [4.69, 9.17) is 9.47 Å². The van der Waals surface area contributed by atoms with E-state index in [0.717, 1.165) is 24.0 Å². The molecule has 2 saturated heterocycles. The van der Waals surface area contributed by atoms with Crippen molar-refractivity contribution in [1.82, 2.24) is 14.9 Å². The number of methoxy groups -OCH3 is 1. The van der Waals surface area contributed by atoms with E-state index in [1.165, 1.54) is 5.56 Å². The van der Waals surface area contributed by atoms with Crippen molar-refractivity contribution in [2.45, 2.75) is 43.8 Å². The first kappa shape index (κ1) is 21.6. The topological polar surface area (TPSA) is 67.9 Å². The lowest BCUT2D eigenvalue weighted by molar-refractivity contribution is -0.133. The molecule has 2 aromatic carbocycles. The van der Waals surface area contributed by atoms with Crippen LogP contribution in [0.2, 0.25) is 0 Å². The highest BCUT2D eigenvalue weighted by atomic mass is 16.6. The third-order valence-corrected chi connectivity index (χ3v) is 6.87. The van der Waals surface area contributed by atoms with Crippen LogP contribution in [0.1, 0.15) is 49.3 Å². The van der Waals surface area contributed by atoms with Crippen LogP contribution in [0.25, 0.3) is 11.4 Å². The van der Waals surface area contributed by atoms with Gasteiger partial charge in [0.15, 0.2) is 5.82 Å². The number of carbonyl (C=O) groups excluding carboxylic acids is 1. The maximum absolute atomic E-state index is 12.9. The predicted octanol–water partition coefficient (Wildman–Crippen LogP) is 4.78. The van der Waals surface area contributed by atoms with E-state index < -0.39 is 0 Å². The normalized spacial score (nSPS) is 19.8. The molecule has 0 radical (unpaired) electrons. The Balaban J connectivity index is 1.22. The summed E-state index contributed by atoms with van der Waals surface area (Å²) in [7, 11) is 1.63. The molecular formula is C27H29N3O3. The summed E-state index contributed by atoms with van der Waals surface area (Å²) in [6.07, 6.45) is 3.90. The maximum Gasteiger partial charge on any atom is 0.223 e. The van der Waals surface area contributed by atoms with Gasteiger partial charge in [0.05, 0.1) is 12.7 Å². The highest BCUT2D eigenvalue weighted by molar-refractivity contribution is 5.77. The number of piperidine rings is 1. The summed E-state index contributed by atoms with van der Waals surface area (Å²) >= 11 is 0. The van der Waals surface area contributed by atoms with E-state index in [1.54, 1.807) is 7.11 Å². The van der Waals surface area contributed by atoms with Crippen LogP contribution in [0.15, 0.2) is 66.9 Å². The Kier molecular flexibility index (Phi) is 5.85. The fourth-order valence-electron chi connectivity index (χ4n) is 4.80. The summed E-state index contributed by atoms with van der Waals surface area (Å²) in [5, 5.41) is 0. The monoisotopic (exact) mass is 443 g/mol. The zero-order valence-corrected chi connectivity index (χ0v) is 19.1. The number of likely N-dealkylation sites (tertiary alicyclic amines) is 1. The van der Waals surface area contributed by atoms with Crippen LogP contribution in [0.4, 0.5) is 0 Å². The molecule has 5 rings (SSSR count). The van der Waals surface area contributed by atoms with Gasteiger partial charge in [0.2, 0.25) is 11.8 Å². The number of aromatic nitrogens is 2. The zero-order chi connectivity index (χ0) is 22.8. The number of amides is 1. The van der Waals surface area contributed by atoms with Crippen LogP contribution < -0.4 is 4.74 Å². The second-order valence-corrected chi connectivity index (χ2v) is 8.98. The van der Waals surface area contributed by atoms with Crippen LogP contribution in [0.5, 0.6) is 5.88 Å². The average Bonchev–Trinajstić information content (AvgIpc) is 3.57. The molecule has 2 aliphatic rings. The van der Waals surface area contributed by atoms with E-state index in [2.05, 4.69) is 29.0 Å². The Hall–Kier alpha value is -3.25. The average molecular weight is 444 g/mol. The standard InChI is InChI=1S/C27H29N3O3/c1-19(20-9-5-3-6-10-20)17-23(31)30-15-13-27(14-16-30)24(33-27)22-18-28-25(29-26(22)32-2)21-11-7-4-8-12-21/h3-12,18-19,24H,13-17H2,1-2H3/t19-,24?/m1/s1. The van der Waals surface area contributed by atoms with Crippen molar-refractivity contribution in [2.24, 2.45) is 0 Å². The highest BCUT2D eigenvalue weighted by Crippen LogP contribution is 2.57. The Morgan fingerprint density at radius 1 is 1.12 bits per heavy atom. The minimum Gasteiger partial charge on any atom is -0.481 e. The number of carbonyl (C=O) groups is 1. The number of epoxide rings is 1. The Labute approximate surface area is 194 Å². The molecule has 1 unspecified atom stereocenters. The molecule has 1 amide bonds. The fraction of sp³-hybridized carbons (Fsp3) is 0.370. The molecule has 6 heteroatoms. The molecule has 0 N–H and O–H groups in total. The summed E-state index contributed by atoms with van der Waals surface area (Å²) in [5.41, 5.74) is 2.79. The lowest BCUT2D eigenvalue weighted by Gasteiger charge is -2.31. The maximum atomic E-state index is 12.9. The van der Waals surface area contributed by atoms with E-state index in [1.807, 2.05) is 59.6 Å². The zero-order valence-electron chi connectivity index (χ0n) is 19.1. The largest absolute Gasteiger partial charge is 0.481 e. The van der Waals surface area contributed by atoms with Crippen molar-refractivity contribution in [1.29, 1.82) is 0 Å². The molecule has 2 fully saturated rings. The molecule has 0 saturated carbocycles. The molecular weight excluding hydrogens is 414 g/mol. The number of benzene rings is 2. The lowest BCUT2D eigenvalue weighted by atomic mass is 9.89. The molecule has 0 bridgehead atoms. The third-order valence-electron chi connectivity index (χ3n) is 6.87. The summed E-state index contributed by atoms with van der Waals surface area (Å²) in [4.78, 5) is 24.1. The van der Waals surface area contributed by atoms with Gasteiger partial charge in [-0.05, 0) is 24.3 Å². The smallest absolute Gasteiger partial charge is 0.223 e. The molecule has 2 atom stereocenters. The first-order valence-corrected chi connectivity index (χ1v) is 11.6. The molecule has 3 aromatic rings. The van der Waals surface area contributed by atoms with Gasteiger partial charge in [-0.25, -0.2) is 4.98 Å². The molecule has 3 heterocycles. The van der Waals surface area contributed by atoms with Gasteiger partial charge in [0, 0.05) is 31.3 Å². The first-order valence-electron chi connectivity index (χ1n) is 11.6. The van der Waals surface area contributed by atoms with Gasteiger partial charge < -0.3 is 14.4 Å². The van der Waals surface area contributed by atoms with Gasteiger partial charge in [0.25, 0.3) is 0 Å². The van der Waals surface area contributed by atoms with Gasteiger partial charge >= 0.3 is 0 Å². The summed E-state index contributed by atoms with van der Waals surface area (Å²) in [6.45, 7) is 3.54. The summed E-state index contributed by atoms with van der Waals surface area (Å²) in [5.74, 6) is 1.62. The number of rotatable bonds is 6. The summed E-state index contributed by atoms with van der Waals surface area (Å²) < 4.78 is 11.8. The number of hydrogen-bond donors (Lipinski definition) is 0. The van der Waals surface area contributed by atoms with Crippen molar-refractivity contribution in [3.8, 4) is 17.3 Å².